The van der Waals surface area contributed by atoms with Crippen LogP contribution in [0.5, 0.6) is 5.75 Å². The van der Waals surface area contributed by atoms with Gasteiger partial charge in [0.25, 0.3) is 0 Å². The van der Waals surface area contributed by atoms with Gasteiger partial charge < -0.3 is 36.0 Å². The van der Waals surface area contributed by atoms with E-state index in [0.29, 0.717) is 43.3 Å². The van der Waals surface area contributed by atoms with Crippen molar-refractivity contribution in [2.45, 2.75) is 64.9 Å². The number of likely N-dealkylation sites (tertiary alicyclic amines) is 1. The van der Waals surface area contributed by atoms with Gasteiger partial charge in [-0.1, -0.05) is 57.2 Å². The minimum atomic E-state index is -0.914. The zero-order chi connectivity index (χ0) is 38.1. The third kappa shape index (κ3) is 7.88. The van der Waals surface area contributed by atoms with E-state index in [0.717, 1.165) is 27.4 Å². The molecule has 14 nitrogen and oxygen atoms in total. The van der Waals surface area contributed by atoms with E-state index in [-0.39, 0.29) is 49.7 Å². The molecule has 3 aliphatic heterocycles. The largest absolute Gasteiger partial charge is 0.507 e. The quantitative estimate of drug-likeness (QED) is 0.170. The molecule has 4 aromatic rings. The van der Waals surface area contributed by atoms with E-state index in [1.54, 1.807) is 29.5 Å². The van der Waals surface area contributed by atoms with Gasteiger partial charge in [-0.15, -0.1) is 21.5 Å². The Morgan fingerprint density at radius 3 is 2.56 bits per heavy atom. The van der Waals surface area contributed by atoms with Gasteiger partial charge in [0.2, 0.25) is 17.7 Å². The van der Waals surface area contributed by atoms with Gasteiger partial charge in [-0.2, -0.15) is 0 Å². The monoisotopic (exact) mass is 753 g/mol. The Hall–Kier alpha value is -5.12. The van der Waals surface area contributed by atoms with Crippen LogP contribution in [0.2, 0.25) is 0 Å². The van der Waals surface area contributed by atoms with Gasteiger partial charge in [-0.05, 0) is 36.1 Å². The lowest BCUT2D eigenvalue weighted by Crippen LogP contribution is -2.61. The van der Waals surface area contributed by atoms with E-state index >= 15 is 0 Å². The summed E-state index contributed by atoms with van der Waals surface area (Å²) in [5.74, 6) is -0.217. The zero-order valence-electron chi connectivity index (χ0n) is 31.0. The number of β-amino-alcohol motifs (C(OH)–C–C–N with tert-alkyl or cyclic N) is 1. The number of aromatic hydroxyl groups is 1. The van der Waals surface area contributed by atoms with Gasteiger partial charge >= 0.3 is 0 Å². The number of aliphatic hydroxyl groups excluding tert-OH is 1. The fourth-order valence-electron chi connectivity index (χ4n) is 7.52. The highest BCUT2D eigenvalue weighted by Crippen LogP contribution is 2.36. The Labute approximate surface area is 318 Å². The van der Waals surface area contributed by atoms with Crippen LogP contribution < -0.4 is 20.9 Å². The molecule has 0 spiro atoms. The number of nitrogens with zero attached hydrogens (tertiary/aromatic N) is 6. The lowest BCUT2D eigenvalue weighted by Gasteiger charge is -2.45. The van der Waals surface area contributed by atoms with Crippen LogP contribution in [-0.4, -0.2) is 116 Å². The second kappa shape index (κ2) is 15.3. The van der Waals surface area contributed by atoms with Crippen LogP contribution in [-0.2, 0) is 20.9 Å². The number of carbonyl (C=O) groups is 3. The number of hydrogen-bond donors (Lipinski definition) is 5. The number of aromatic nitrogens is 3. The van der Waals surface area contributed by atoms with Crippen LogP contribution in [0, 0.1) is 12.3 Å². The molecule has 3 amide bonds. The number of piperazine rings is 1. The van der Waals surface area contributed by atoms with Crippen LogP contribution in [0.15, 0.2) is 60.1 Å². The number of aryl methyl sites for hydroxylation is 1. The molecule has 4 atom stereocenters. The standard InChI is InChI=1S/C39H47N9O5S/c1-23-34(42-22-54-23)25-11-9-24(10-12-25)17-41-37(52)31-15-27(49)20-48(31)38(53)35(39(2,3)4)43-33(51)21-46-13-14-47-26(19-46)18-40-36-30(47)16-29(44-45-36)28-7-5-6-8-32(28)50/h5-12,16,22,26-27,31,35,49-50H,13-15,17-21H2,1-4H3,(H,40,45)(H,41,52)(H,43,51)/t26-,27+,31-,35?/m0/s1. The van der Waals surface area contributed by atoms with Gasteiger partial charge in [0.1, 0.15) is 17.8 Å². The van der Waals surface area contributed by atoms with Gasteiger partial charge in [-0.3, -0.25) is 19.3 Å². The fourth-order valence-corrected chi connectivity index (χ4v) is 8.12. The first-order valence-electron chi connectivity index (χ1n) is 18.3. The molecule has 284 valence electrons. The fraction of sp³-hybridized carbons (Fsp3) is 0.436. The van der Waals surface area contributed by atoms with Gasteiger partial charge in [-0.25, -0.2) is 4.98 Å². The maximum absolute atomic E-state index is 14.1. The van der Waals surface area contributed by atoms with Crippen molar-refractivity contribution in [2.24, 2.45) is 5.41 Å². The van der Waals surface area contributed by atoms with Crippen molar-refractivity contribution in [3.8, 4) is 28.3 Å². The summed E-state index contributed by atoms with van der Waals surface area (Å²) in [5.41, 5.74) is 6.07. The van der Waals surface area contributed by atoms with Crippen molar-refractivity contribution in [3.05, 3.63) is 70.5 Å². The molecule has 5 heterocycles. The number of benzene rings is 2. The molecule has 2 aromatic heterocycles. The molecule has 0 bridgehead atoms. The second-order valence-electron chi connectivity index (χ2n) is 15.4. The van der Waals surface area contributed by atoms with Gasteiger partial charge in [0.15, 0.2) is 5.82 Å². The van der Waals surface area contributed by atoms with Crippen LogP contribution in [0.3, 0.4) is 0 Å². The third-order valence-corrected chi connectivity index (χ3v) is 11.2. The van der Waals surface area contributed by atoms with E-state index in [9.17, 15) is 24.6 Å². The Kier molecular flexibility index (Phi) is 10.6. The van der Waals surface area contributed by atoms with E-state index in [4.69, 9.17) is 0 Å². The van der Waals surface area contributed by atoms with Crippen molar-refractivity contribution in [1.29, 1.82) is 0 Å². The van der Waals surface area contributed by atoms with E-state index in [1.165, 1.54) is 4.90 Å². The molecular formula is C39H47N9O5S. The normalized spacial score (nSPS) is 20.4. The number of nitrogens with one attached hydrogen (secondary N) is 3. The number of rotatable bonds is 9. The van der Waals surface area contributed by atoms with E-state index in [2.05, 4.69) is 40.9 Å². The molecule has 2 saturated heterocycles. The van der Waals surface area contributed by atoms with Crippen molar-refractivity contribution < 1.29 is 24.6 Å². The number of amides is 3. The molecule has 3 aliphatic rings. The number of anilines is 2. The molecule has 2 fully saturated rings. The maximum Gasteiger partial charge on any atom is 0.246 e. The van der Waals surface area contributed by atoms with Crippen LogP contribution >= 0.6 is 11.3 Å². The van der Waals surface area contributed by atoms with Gasteiger partial charge in [0, 0.05) is 61.7 Å². The minimum Gasteiger partial charge on any atom is -0.507 e. The summed E-state index contributed by atoms with van der Waals surface area (Å²) in [6, 6.07) is 15.1. The Bertz CT molecular complexity index is 2020. The average molecular weight is 754 g/mol. The topological polar surface area (TPSA) is 176 Å². The summed E-state index contributed by atoms with van der Waals surface area (Å²) in [6.45, 7) is 10.5. The summed E-state index contributed by atoms with van der Waals surface area (Å²) in [4.78, 5) is 52.6. The smallest absolute Gasteiger partial charge is 0.246 e. The molecule has 5 N–H and O–H groups in total. The summed E-state index contributed by atoms with van der Waals surface area (Å²) < 4.78 is 0. The Balaban J connectivity index is 0.961. The molecule has 7 rings (SSSR count). The van der Waals surface area contributed by atoms with Gasteiger partial charge in [0.05, 0.1) is 41.3 Å². The molecule has 0 saturated carbocycles. The SMILES string of the molecule is Cc1scnc1-c1ccc(CNC(=O)[C@@H]2C[C@@H](O)CN2C(=O)C(NC(=O)CN2CCN3c4cc(-c5ccccc5O)nnc4NC[C@H]3C2)C(C)(C)C)cc1. The first-order valence-corrected chi connectivity index (χ1v) is 19.2. The number of aliphatic hydroxyl groups is 1. The van der Waals surface area contributed by atoms with Crippen LogP contribution in [0.25, 0.3) is 22.5 Å². The average Bonchev–Trinajstić information content (AvgIpc) is 3.77. The number of para-hydroxylation sites is 1. The maximum atomic E-state index is 14.1. The van der Waals surface area contributed by atoms with E-state index < -0.39 is 29.5 Å². The predicted molar refractivity (Wildman–Crippen MR) is 207 cm³/mol. The molecular weight excluding hydrogens is 707 g/mol. The second-order valence-corrected chi connectivity index (χ2v) is 16.4. The van der Waals surface area contributed by atoms with Crippen LogP contribution in [0.1, 0.15) is 37.6 Å². The zero-order valence-corrected chi connectivity index (χ0v) is 31.8. The lowest BCUT2D eigenvalue weighted by atomic mass is 9.85. The Morgan fingerprint density at radius 1 is 1.06 bits per heavy atom. The third-order valence-electron chi connectivity index (χ3n) is 10.4. The molecule has 54 heavy (non-hydrogen) atoms. The molecule has 0 aliphatic carbocycles. The highest BCUT2D eigenvalue weighted by Gasteiger charge is 2.45. The van der Waals surface area contributed by atoms with Crippen molar-refractivity contribution >= 4 is 40.6 Å². The molecule has 0 radical (unpaired) electrons. The number of hydrogen-bond acceptors (Lipinski definition) is 12. The predicted octanol–water partition coefficient (Wildman–Crippen LogP) is 3.01. The number of fused-ring (bicyclic) bond motifs is 3. The lowest BCUT2D eigenvalue weighted by molar-refractivity contribution is -0.144. The number of thiazole rings is 1. The number of carbonyl (C=O) groups excluding carboxylic acids is 3. The molecule has 1 unspecified atom stereocenters. The van der Waals surface area contributed by atoms with Crippen molar-refractivity contribution in [1.82, 2.24) is 35.6 Å². The van der Waals surface area contributed by atoms with Crippen molar-refractivity contribution in [2.75, 3.05) is 49.5 Å². The summed E-state index contributed by atoms with van der Waals surface area (Å²) in [5, 5.41) is 39.0. The highest BCUT2D eigenvalue weighted by molar-refractivity contribution is 7.10. The summed E-state index contributed by atoms with van der Waals surface area (Å²) in [7, 11) is 0. The van der Waals surface area contributed by atoms with Crippen molar-refractivity contribution in [3.63, 3.8) is 0 Å². The summed E-state index contributed by atoms with van der Waals surface area (Å²) in [6.07, 6.45) is -0.736. The number of phenols is 1. The minimum absolute atomic E-state index is 0.00908. The summed E-state index contributed by atoms with van der Waals surface area (Å²) >= 11 is 1.59. The highest BCUT2D eigenvalue weighted by atomic mass is 32.1. The molecule has 2 aromatic carbocycles. The first kappa shape index (κ1) is 37.2. The molecule has 15 heteroatoms. The van der Waals surface area contributed by atoms with Crippen LogP contribution in [0.4, 0.5) is 11.5 Å². The number of phenolic OH excluding ortho intramolecular Hbond substituents is 1. The first-order chi connectivity index (χ1) is 25.9. The Morgan fingerprint density at radius 2 is 1.83 bits per heavy atom. The van der Waals surface area contributed by atoms with E-state index in [1.807, 2.05) is 69.6 Å².